The van der Waals surface area contributed by atoms with E-state index in [2.05, 4.69) is 10.0 Å². The highest BCUT2D eigenvalue weighted by Crippen LogP contribution is 2.38. The number of aliphatic hydroxyl groups excluding tert-OH is 1. The van der Waals surface area contributed by atoms with Crippen molar-refractivity contribution < 1.29 is 31.4 Å². The van der Waals surface area contributed by atoms with Crippen molar-refractivity contribution in [2.45, 2.75) is 60.3 Å². The van der Waals surface area contributed by atoms with Crippen molar-refractivity contribution in [2.75, 3.05) is 39.9 Å². The Balaban J connectivity index is 1.12. The third-order valence-corrected chi connectivity index (χ3v) is 12.0. The molecule has 0 bridgehead atoms. The van der Waals surface area contributed by atoms with Crippen LogP contribution >= 0.6 is 0 Å². The minimum Gasteiger partial charge on any atom is -0.491 e. The molecule has 3 aromatic carbocycles. The number of ether oxygens (including phenoxy) is 2. The standard InChI is InChI=1S/C32H42N4O7S2/c1-23-6-11-30(17-31(23)25-9-7-24(19-33)8-10-25)45(40,41)36-14-12-32(13-15-36)18-26(21-43-32)35-20-27(37)22-42-28-4-3-5-29(16-28)44(38,39)34-2/h3-11,16-17,26-27,34-35,37H,12-15,18-22,33H2,1-2H3. The molecule has 0 aliphatic carbocycles. The average molecular weight is 659 g/mol. The lowest BCUT2D eigenvalue weighted by molar-refractivity contribution is -0.0312. The second-order valence-electron chi connectivity index (χ2n) is 11.7. The van der Waals surface area contributed by atoms with Gasteiger partial charge in [0.2, 0.25) is 20.0 Å². The van der Waals surface area contributed by atoms with E-state index >= 15 is 0 Å². The van der Waals surface area contributed by atoms with E-state index in [1.165, 1.54) is 19.2 Å². The maximum atomic E-state index is 13.7. The molecule has 2 atom stereocenters. The summed E-state index contributed by atoms with van der Waals surface area (Å²) >= 11 is 0. The molecule has 2 saturated heterocycles. The fourth-order valence-corrected chi connectivity index (χ4v) is 8.14. The topological polar surface area (TPSA) is 160 Å². The van der Waals surface area contributed by atoms with E-state index in [9.17, 15) is 21.9 Å². The lowest BCUT2D eigenvalue weighted by atomic mass is 9.88. The molecule has 0 saturated carbocycles. The zero-order valence-electron chi connectivity index (χ0n) is 25.6. The number of piperidine rings is 1. The van der Waals surface area contributed by atoms with Crippen LogP contribution in [0.1, 0.15) is 30.4 Å². The Morgan fingerprint density at radius 3 is 2.47 bits per heavy atom. The normalized spacial score (nSPS) is 19.5. The third-order valence-electron chi connectivity index (χ3n) is 8.66. The molecule has 2 fully saturated rings. The van der Waals surface area contributed by atoms with Gasteiger partial charge >= 0.3 is 0 Å². The summed E-state index contributed by atoms with van der Waals surface area (Å²) in [4.78, 5) is 0.361. The molecule has 45 heavy (non-hydrogen) atoms. The summed E-state index contributed by atoms with van der Waals surface area (Å²) in [6.45, 7) is 3.87. The van der Waals surface area contributed by atoms with Gasteiger partial charge in [0.15, 0.2) is 0 Å². The van der Waals surface area contributed by atoms with Crippen LogP contribution in [-0.2, 0) is 31.3 Å². The van der Waals surface area contributed by atoms with Crippen molar-refractivity contribution >= 4 is 20.0 Å². The van der Waals surface area contributed by atoms with Gasteiger partial charge in [-0.2, -0.15) is 4.31 Å². The first kappa shape index (κ1) is 33.5. The van der Waals surface area contributed by atoms with Crippen molar-refractivity contribution in [1.82, 2.24) is 14.3 Å². The highest BCUT2D eigenvalue weighted by Gasteiger charge is 2.44. The van der Waals surface area contributed by atoms with Gasteiger partial charge in [-0.05, 0) is 79.8 Å². The minimum absolute atomic E-state index is 0.0113. The van der Waals surface area contributed by atoms with Crippen molar-refractivity contribution in [3.05, 3.63) is 77.9 Å². The van der Waals surface area contributed by atoms with Crippen LogP contribution in [0.3, 0.4) is 0 Å². The van der Waals surface area contributed by atoms with Crippen LogP contribution in [0.4, 0.5) is 0 Å². The van der Waals surface area contributed by atoms with Gasteiger partial charge in [0.25, 0.3) is 0 Å². The molecule has 2 aliphatic heterocycles. The predicted molar refractivity (Wildman–Crippen MR) is 172 cm³/mol. The van der Waals surface area contributed by atoms with Crippen LogP contribution in [0.2, 0.25) is 0 Å². The monoisotopic (exact) mass is 658 g/mol. The predicted octanol–water partition coefficient (Wildman–Crippen LogP) is 2.37. The van der Waals surface area contributed by atoms with Gasteiger partial charge in [-0.15, -0.1) is 0 Å². The van der Waals surface area contributed by atoms with E-state index in [1.807, 2.05) is 37.3 Å². The molecule has 0 aromatic heterocycles. The van der Waals surface area contributed by atoms with Crippen molar-refractivity contribution in [1.29, 1.82) is 0 Å². The molecule has 1 spiro atoms. The first-order valence-corrected chi connectivity index (χ1v) is 18.0. The summed E-state index contributed by atoms with van der Waals surface area (Å²) in [6.07, 6.45) is 1.06. The molecule has 0 amide bonds. The van der Waals surface area contributed by atoms with Crippen LogP contribution in [0, 0.1) is 6.92 Å². The number of nitrogens with two attached hydrogens (primary N) is 1. The number of hydrogen-bond donors (Lipinski definition) is 4. The number of nitrogens with zero attached hydrogens (tertiary/aromatic N) is 1. The minimum atomic E-state index is -3.69. The van der Waals surface area contributed by atoms with E-state index < -0.39 is 31.8 Å². The fraction of sp³-hybridized carbons (Fsp3) is 0.438. The van der Waals surface area contributed by atoms with Crippen LogP contribution in [0.15, 0.2) is 76.5 Å². The first-order chi connectivity index (χ1) is 21.4. The highest BCUT2D eigenvalue weighted by atomic mass is 32.2. The SMILES string of the molecule is CNS(=O)(=O)c1cccc(OCC(O)CNC2COC3(CCN(S(=O)(=O)c4ccc(C)c(-c5ccc(CN)cc5)c4)CC3)C2)c1. The van der Waals surface area contributed by atoms with Gasteiger partial charge in [0.05, 0.1) is 22.0 Å². The molecule has 2 unspecified atom stereocenters. The molecule has 13 heteroatoms. The largest absolute Gasteiger partial charge is 0.491 e. The first-order valence-electron chi connectivity index (χ1n) is 15.1. The maximum absolute atomic E-state index is 13.7. The molecular formula is C32H42N4O7S2. The molecule has 244 valence electrons. The van der Waals surface area contributed by atoms with E-state index in [0.29, 0.717) is 51.3 Å². The number of sulfonamides is 2. The van der Waals surface area contributed by atoms with Crippen LogP contribution < -0.4 is 20.5 Å². The molecular weight excluding hydrogens is 617 g/mol. The smallest absolute Gasteiger partial charge is 0.243 e. The molecule has 11 nitrogen and oxygen atoms in total. The summed E-state index contributed by atoms with van der Waals surface area (Å²) < 4.78 is 67.0. The van der Waals surface area contributed by atoms with Crippen LogP contribution in [0.25, 0.3) is 11.1 Å². The molecule has 5 N–H and O–H groups in total. The third kappa shape index (κ3) is 7.75. The Morgan fingerprint density at radius 1 is 1.04 bits per heavy atom. The molecule has 2 heterocycles. The Hall–Kier alpha value is -2.88. The second-order valence-corrected chi connectivity index (χ2v) is 15.6. The Labute approximate surface area is 265 Å². The average Bonchev–Trinajstić information content (AvgIpc) is 3.45. The highest BCUT2D eigenvalue weighted by molar-refractivity contribution is 7.89. The number of benzene rings is 3. The molecule has 3 aromatic rings. The zero-order valence-corrected chi connectivity index (χ0v) is 27.2. The quantitative estimate of drug-likeness (QED) is 0.229. The maximum Gasteiger partial charge on any atom is 0.243 e. The van der Waals surface area contributed by atoms with E-state index in [4.69, 9.17) is 15.2 Å². The van der Waals surface area contributed by atoms with E-state index in [-0.39, 0.29) is 29.0 Å². The second kappa shape index (κ2) is 13.9. The molecule has 5 rings (SSSR count). The number of rotatable bonds is 12. The van der Waals surface area contributed by atoms with Gasteiger partial charge in [0.1, 0.15) is 18.5 Å². The van der Waals surface area contributed by atoms with Gasteiger partial charge in [-0.25, -0.2) is 21.6 Å². The van der Waals surface area contributed by atoms with Crippen LogP contribution in [0.5, 0.6) is 5.75 Å². The lowest BCUT2D eigenvalue weighted by Crippen LogP contribution is -2.47. The number of nitrogens with one attached hydrogen (secondary N) is 2. The molecule has 2 aliphatic rings. The van der Waals surface area contributed by atoms with Crippen LogP contribution in [-0.4, -0.2) is 83.9 Å². The Bertz CT molecular complexity index is 1690. The van der Waals surface area contributed by atoms with E-state index in [0.717, 1.165) is 22.3 Å². The summed E-state index contributed by atoms with van der Waals surface area (Å²) in [7, 11) is -5.94. The van der Waals surface area contributed by atoms with Gasteiger partial charge < -0.3 is 25.6 Å². The van der Waals surface area contributed by atoms with Gasteiger partial charge in [-0.1, -0.05) is 36.4 Å². The summed E-state index contributed by atoms with van der Waals surface area (Å²) in [5.74, 6) is 0.346. The van der Waals surface area contributed by atoms with Crippen molar-refractivity contribution in [3.63, 3.8) is 0 Å². The summed E-state index contributed by atoms with van der Waals surface area (Å²) in [6, 6.07) is 19.2. The van der Waals surface area contributed by atoms with E-state index in [1.54, 1.807) is 28.6 Å². The van der Waals surface area contributed by atoms with Gasteiger partial charge in [-0.3, -0.25) is 0 Å². The Kier molecular flexibility index (Phi) is 10.3. The van der Waals surface area contributed by atoms with Crippen molar-refractivity contribution in [2.24, 2.45) is 5.73 Å². The van der Waals surface area contributed by atoms with Gasteiger partial charge in [0, 0.05) is 38.3 Å². The molecule has 0 radical (unpaired) electrons. The number of hydrogen-bond acceptors (Lipinski definition) is 9. The lowest BCUT2D eigenvalue weighted by Gasteiger charge is -2.38. The number of aliphatic hydroxyl groups is 1. The Morgan fingerprint density at radius 2 is 1.78 bits per heavy atom. The zero-order chi connectivity index (χ0) is 32.2. The van der Waals surface area contributed by atoms with Crippen molar-refractivity contribution in [3.8, 4) is 16.9 Å². The number of aryl methyl sites for hydroxylation is 1. The summed E-state index contributed by atoms with van der Waals surface area (Å²) in [5, 5.41) is 13.8. The fourth-order valence-electron chi connectivity index (χ4n) is 5.90. The summed E-state index contributed by atoms with van der Waals surface area (Å²) in [5.41, 5.74) is 9.16.